The molecule has 1 atom stereocenters. The smallest absolute Gasteiger partial charge is 0.328 e. The average Bonchev–Trinajstić information content (AvgIpc) is 2.42. The Morgan fingerprint density at radius 3 is 2.68 bits per heavy atom. The molecule has 0 saturated carbocycles. The predicted molar refractivity (Wildman–Crippen MR) is 80.2 cm³/mol. The topological polar surface area (TPSA) is 55.4 Å². The number of methoxy groups -OCH3 is 1. The molecule has 0 aromatic heterocycles. The molecule has 0 rings (SSSR count). The number of rotatable bonds is 10. The number of unbranched alkanes of at least 4 members (excludes halogenated alkanes) is 3. The van der Waals surface area contributed by atoms with Crippen LogP contribution in [0.3, 0.4) is 0 Å². The van der Waals surface area contributed by atoms with Crippen LogP contribution in [0.1, 0.15) is 39.0 Å². The van der Waals surface area contributed by atoms with Crippen LogP contribution in [-0.2, 0) is 14.3 Å². The van der Waals surface area contributed by atoms with Crippen molar-refractivity contribution in [1.82, 2.24) is 5.32 Å². The molecule has 110 valence electrons. The summed E-state index contributed by atoms with van der Waals surface area (Å²) >= 11 is 1.63. The van der Waals surface area contributed by atoms with Crippen LogP contribution >= 0.6 is 11.8 Å². The Balaban J connectivity index is 4.11. The summed E-state index contributed by atoms with van der Waals surface area (Å²) in [7, 11) is 1.33. The van der Waals surface area contributed by atoms with Crippen molar-refractivity contribution in [3.8, 4) is 0 Å². The van der Waals surface area contributed by atoms with Crippen molar-refractivity contribution in [2.75, 3.05) is 19.1 Å². The third-order valence-electron chi connectivity index (χ3n) is 2.66. The highest BCUT2D eigenvalue weighted by molar-refractivity contribution is 7.98. The summed E-state index contributed by atoms with van der Waals surface area (Å²) in [5.74, 6) is 0.190. The summed E-state index contributed by atoms with van der Waals surface area (Å²) in [5, 5.41) is 2.68. The first kappa shape index (κ1) is 18.0. The monoisotopic (exact) mass is 287 g/mol. The number of amides is 1. The predicted octanol–water partition coefficient (Wildman–Crippen LogP) is 2.53. The van der Waals surface area contributed by atoms with Gasteiger partial charge in [0, 0.05) is 0 Å². The molecule has 4 nitrogen and oxygen atoms in total. The highest BCUT2D eigenvalue weighted by atomic mass is 32.2. The van der Waals surface area contributed by atoms with Gasteiger partial charge in [0.15, 0.2) is 0 Å². The molecule has 0 bridgehead atoms. The molecule has 0 heterocycles. The van der Waals surface area contributed by atoms with Crippen LogP contribution in [-0.4, -0.2) is 37.0 Å². The molecule has 0 aliphatic heterocycles. The van der Waals surface area contributed by atoms with E-state index in [0.29, 0.717) is 6.42 Å². The average molecular weight is 287 g/mol. The van der Waals surface area contributed by atoms with Gasteiger partial charge in [-0.05, 0) is 37.3 Å². The molecular weight excluding hydrogens is 262 g/mol. The Bertz CT molecular complexity index is 292. The van der Waals surface area contributed by atoms with Crippen molar-refractivity contribution < 1.29 is 14.3 Å². The lowest BCUT2D eigenvalue weighted by Crippen LogP contribution is -2.41. The van der Waals surface area contributed by atoms with Crippen molar-refractivity contribution in [1.29, 1.82) is 0 Å². The molecule has 0 unspecified atom stereocenters. The van der Waals surface area contributed by atoms with Crippen LogP contribution in [0.15, 0.2) is 12.2 Å². The van der Waals surface area contributed by atoms with Crippen LogP contribution in [0, 0.1) is 0 Å². The summed E-state index contributed by atoms with van der Waals surface area (Å²) in [6.07, 6.45) is 10.2. The summed E-state index contributed by atoms with van der Waals surface area (Å²) in [6.45, 7) is 2.14. The zero-order valence-electron chi connectivity index (χ0n) is 12.1. The highest BCUT2D eigenvalue weighted by Crippen LogP contribution is 2.03. The summed E-state index contributed by atoms with van der Waals surface area (Å²) < 4.78 is 4.68. The maximum absolute atomic E-state index is 11.7. The highest BCUT2D eigenvalue weighted by Gasteiger charge is 2.19. The lowest BCUT2D eigenvalue weighted by atomic mass is 10.2. The number of allylic oxidation sites excluding steroid dienone is 1. The van der Waals surface area contributed by atoms with Gasteiger partial charge in [0.2, 0.25) is 5.91 Å². The minimum atomic E-state index is -0.551. The molecule has 1 N–H and O–H groups in total. The van der Waals surface area contributed by atoms with Crippen LogP contribution < -0.4 is 5.32 Å². The standard InChI is InChI=1S/C14H25NO3S/c1-4-5-6-7-8-9-13(16)15-12(10-11-19-3)14(17)18-2/h8-9,12H,4-7,10-11H2,1-3H3,(H,15,16)/b9-8+/t12-/m0/s1. The first-order valence-corrected chi connectivity index (χ1v) is 8.08. The second-order valence-corrected chi connectivity index (χ2v) is 5.25. The van der Waals surface area contributed by atoms with Crippen LogP contribution in [0.2, 0.25) is 0 Å². The van der Waals surface area contributed by atoms with Crippen molar-refractivity contribution in [3.05, 3.63) is 12.2 Å². The number of thioether (sulfide) groups is 1. The molecule has 0 radical (unpaired) electrons. The number of ether oxygens (including phenoxy) is 1. The van der Waals surface area contributed by atoms with E-state index in [1.165, 1.54) is 26.0 Å². The fourth-order valence-corrected chi connectivity index (χ4v) is 2.02. The molecule has 0 aromatic carbocycles. The van der Waals surface area contributed by atoms with Gasteiger partial charge in [0.25, 0.3) is 0 Å². The van der Waals surface area contributed by atoms with E-state index in [9.17, 15) is 9.59 Å². The minimum Gasteiger partial charge on any atom is -0.467 e. The quantitative estimate of drug-likeness (QED) is 0.381. The molecule has 0 spiro atoms. The molecule has 0 fully saturated rings. The third-order valence-corrected chi connectivity index (χ3v) is 3.30. The van der Waals surface area contributed by atoms with E-state index in [0.717, 1.165) is 18.6 Å². The maximum Gasteiger partial charge on any atom is 0.328 e. The molecule has 19 heavy (non-hydrogen) atoms. The van der Waals surface area contributed by atoms with E-state index in [2.05, 4.69) is 17.0 Å². The molecule has 1 amide bonds. The Hall–Kier alpha value is -0.970. The van der Waals surface area contributed by atoms with Gasteiger partial charge in [-0.2, -0.15) is 11.8 Å². The van der Waals surface area contributed by atoms with Gasteiger partial charge in [-0.25, -0.2) is 4.79 Å². The summed E-state index contributed by atoms with van der Waals surface area (Å²) in [5.41, 5.74) is 0. The largest absolute Gasteiger partial charge is 0.467 e. The van der Waals surface area contributed by atoms with E-state index in [4.69, 9.17) is 0 Å². The minimum absolute atomic E-state index is 0.229. The van der Waals surface area contributed by atoms with Gasteiger partial charge in [-0.3, -0.25) is 4.79 Å². The van der Waals surface area contributed by atoms with Crippen LogP contribution in [0.5, 0.6) is 0 Å². The molecule has 0 saturated heterocycles. The number of esters is 1. The van der Waals surface area contributed by atoms with Gasteiger partial charge in [0.05, 0.1) is 7.11 Å². The van der Waals surface area contributed by atoms with Gasteiger partial charge in [-0.1, -0.05) is 25.8 Å². The second-order valence-electron chi connectivity index (χ2n) is 4.26. The van der Waals surface area contributed by atoms with Crippen molar-refractivity contribution in [2.24, 2.45) is 0 Å². The van der Waals surface area contributed by atoms with Crippen molar-refractivity contribution >= 4 is 23.6 Å². The molecule has 0 aliphatic carbocycles. The molecular formula is C14H25NO3S. The number of hydrogen-bond donors (Lipinski definition) is 1. The first-order valence-electron chi connectivity index (χ1n) is 6.69. The number of carbonyl (C=O) groups is 2. The number of nitrogens with one attached hydrogen (secondary N) is 1. The molecule has 0 aliphatic rings. The molecule has 5 heteroatoms. The van der Waals surface area contributed by atoms with Gasteiger partial charge in [0.1, 0.15) is 6.04 Å². The molecule has 0 aromatic rings. The number of hydrogen-bond acceptors (Lipinski definition) is 4. The lowest BCUT2D eigenvalue weighted by Gasteiger charge is -2.14. The van der Waals surface area contributed by atoms with E-state index < -0.39 is 6.04 Å². The Morgan fingerprint density at radius 2 is 2.11 bits per heavy atom. The van der Waals surface area contributed by atoms with Gasteiger partial charge in [-0.15, -0.1) is 0 Å². The second kappa shape index (κ2) is 12.1. The third kappa shape index (κ3) is 9.59. The van der Waals surface area contributed by atoms with E-state index in [1.54, 1.807) is 11.8 Å². The van der Waals surface area contributed by atoms with Crippen molar-refractivity contribution in [2.45, 2.75) is 45.1 Å². The lowest BCUT2D eigenvalue weighted by molar-refractivity contribution is -0.144. The van der Waals surface area contributed by atoms with Crippen molar-refractivity contribution in [3.63, 3.8) is 0 Å². The fraction of sp³-hybridized carbons (Fsp3) is 0.714. The summed E-state index contributed by atoms with van der Waals surface area (Å²) in [4.78, 5) is 23.2. The van der Waals surface area contributed by atoms with E-state index >= 15 is 0 Å². The van der Waals surface area contributed by atoms with Gasteiger partial charge < -0.3 is 10.1 Å². The first-order chi connectivity index (χ1) is 9.15. The van der Waals surface area contributed by atoms with Gasteiger partial charge >= 0.3 is 5.97 Å². The zero-order chi connectivity index (χ0) is 14.5. The van der Waals surface area contributed by atoms with Crippen LogP contribution in [0.25, 0.3) is 0 Å². The van der Waals surface area contributed by atoms with E-state index in [1.807, 2.05) is 12.3 Å². The normalized spacial score (nSPS) is 12.4. The number of carbonyl (C=O) groups excluding carboxylic acids is 2. The Labute approximate surface area is 120 Å². The fourth-order valence-electron chi connectivity index (χ4n) is 1.55. The Kier molecular flexibility index (Phi) is 11.5. The Morgan fingerprint density at radius 1 is 1.37 bits per heavy atom. The summed E-state index contributed by atoms with van der Waals surface area (Å²) in [6, 6.07) is -0.551. The SMILES string of the molecule is CCCCC/C=C/C(=O)N[C@@H](CCSC)C(=O)OC. The maximum atomic E-state index is 11.7. The van der Waals surface area contributed by atoms with Crippen LogP contribution in [0.4, 0.5) is 0 Å². The zero-order valence-corrected chi connectivity index (χ0v) is 12.9. The van der Waals surface area contributed by atoms with E-state index in [-0.39, 0.29) is 11.9 Å².